The molecule has 1 fully saturated rings. The number of amides is 1. The molecule has 1 aliphatic carbocycles. The van der Waals surface area contributed by atoms with Crippen molar-refractivity contribution in [3.8, 4) is 17.2 Å². The zero-order valence-electron chi connectivity index (χ0n) is 16.6. The summed E-state index contributed by atoms with van der Waals surface area (Å²) in [6.07, 6.45) is 2.28. The molecule has 7 nitrogen and oxygen atoms in total. The number of fused-ring (bicyclic) bond motifs is 1. The molecule has 1 aliphatic heterocycles. The largest absolute Gasteiger partial charge is 0.454 e. The highest BCUT2D eigenvalue weighted by atomic mass is 32.2. The van der Waals surface area contributed by atoms with E-state index in [9.17, 15) is 4.79 Å². The van der Waals surface area contributed by atoms with Crippen LogP contribution in [0, 0.1) is 0 Å². The number of hydrogen-bond acceptors (Lipinski definition) is 6. The van der Waals surface area contributed by atoms with Gasteiger partial charge in [-0.1, -0.05) is 36.0 Å². The van der Waals surface area contributed by atoms with Crippen LogP contribution < -0.4 is 14.8 Å². The van der Waals surface area contributed by atoms with Crippen molar-refractivity contribution in [3.63, 3.8) is 0 Å². The summed E-state index contributed by atoms with van der Waals surface area (Å²) in [5.41, 5.74) is 1.96. The lowest BCUT2D eigenvalue weighted by atomic mass is 10.2. The predicted octanol–water partition coefficient (Wildman–Crippen LogP) is 3.67. The molecule has 1 atom stereocenters. The quantitative estimate of drug-likeness (QED) is 0.586. The molecule has 0 unspecified atom stereocenters. The lowest BCUT2D eigenvalue weighted by Gasteiger charge is -2.10. The molecule has 5 rings (SSSR count). The van der Waals surface area contributed by atoms with E-state index in [4.69, 9.17) is 14.5 Å². The molecule has 0 saturated heterocycles. The molecule has 2 aromatic carbocycles. The zero-order chi connectivity index (χ0) is 20.5. The van der Waals surface area contributed by atoms with Crippen molar-refractivity contribution in [2.45, 2.75) is 42.6 Å². The van der Waals surface area contributed by atoms with Gasteiger partial charge in [0.25, 0.3) is 0 Å². The van der Waals surface area contributed by atoms with Crippen LogP contribution in [0.1, 0.15) is 37.1 Å². The maximum absolute atomic E-state index is 12.6. The molecule has 8 heteroatoms. The Morgan fingerprint density at radius 2 is 2.00 bits per heavy atom. The molecule has 3 aromatic rings. The predicted molar refractivity (Wildman–Crippen MR) is 113 cm³/mol. The van der Waals surface area contributed by atoms with Crippen molar-refractivity contribution in [2.75, 3.05) is 6.79 Å². The molecular weight excluding hydrogens is 400 g/mol. The Morgan fingerprint density at radius 1 is 1.20 bits per heavy atom. The highest BCUT2D eigenvalue weighted by Crippen LogP contribution is 2.40. The molecule has 2 heterocycles. The Balaban J connectivity index is 1.24. The summed E-state index contributed by atoms with van der Waals surface area (Å²) in [5.74, 6) is 2.84. The summed E-state index contributed by atoms with van der Waals surface area (Å²) in [4.78, 5) is 17.3. The standard InChI is InChI=1S/C22H22N4O3S/c1-14(21(27)23-12-15-7-10-18-19(11-15)29-13-28-18)30-22-24-20(16-8-9-16)26(25-22)17-5-3-2-4-6-17/h2-7,10-11,14,16H,8-9,12-13H2,1H3,(H,23,27)/t14-/m0/s1. The van der Waals surface area contributed by atoms with Crippen molar-refractivity contribution in [1.82, 2.24) is 20.1 Å². The van der Waals surface area contributed by atoms with E-state index in [2.05, 4.69) is 10.4 Å². The van der Waals surface area contributed by atoms with Crippen LogP contribution in [0.15, 0.2) is 53.7 Å². The Labute approximate surface area is 178 Å². The minimum absolute atomic E-state index is 0.0540. The first-order chi connectivity index (χ1) is 14.7. The first-order valence-corrected chi connectivity index (χ1v) is 10.9. The van der Waals surface area contributed by atoms with Gasteiger partial charge in [-0.05, 0) is 49.6 Å². The minimum atomic E-state index is -0.308. The zero-order valence-corrected chi connectivity index (χ0v) is 17.4. The summed E-state index contributed by atoms with van der Waals surface area (Å²) < 4.78 is 12.6. The summed E-state index contributed by atoms with van der Waals surface area (Å²) in [7, 11) is 0. The van der Waals surface area contributed by atoms with E-state index >= 15 is 0 Å². The number of carbonyl (C=O) groups excluding carboxylic acids is 1. The molecule has 1 saturated carbocycles. The van der Waals surface area contributed by atoms with Crippen LogP contribution in [0.4, 0.5) is 0 Å². The highest BCUT2D eigenvalue weighted by molar-refractivity contribution is 8.00. The van der Waals surface area contributed by atoms with Crippen molar-refractivity contribution in [1.29, 1.82) is 0 Å². The van der Waals surface area contributed by atoms with E-state index in [0.717, 1.165) is 35.7 Å². The summed E-state index contributed by atoms with van der Waals surface area (Å²) in [5, 5.41) is 7.98. The third-order valence-corrected chi connectivity index (χ3v) is 6.06. The summed E-state index contributed by atoms with van der Waals surface area (Å²) in [6.45, 7) is 2.55. The first-order valence-electron chi connectivity index (χ1n) is 10.0. The molecule has 1 N–H and O–H groups in total. The second-order valence-corrected chi connectivity index (χ2v) is 8.75. The van der Waals surface area contributed by atoms with Gasteiger partial charge in [-0.2, -0.15) is 0 Å². The average Bonchev–Trinajstić information content (AvgIpc) is 3.36. The van der Waals surface area contributed by atoms with Crippen LogP contribution in [0.5, 0.6) is 11.5 Å². The smallest absolute Gasteiger partial charge is 0.233 e. The Kier molecular flexibility index (Phi) is 5.08. The third kappa shape index (κ3) is 4.00. The van der Waals surface area contributed by atoms with Crippen molar-refractivity contribution < 1.29 is 14.3 Å². The highest BCUT2D eigenvalue weighted by Gasteiger charge is 2.31. The minimum Gasteiger partial charge on any atom is -0.454 e. The van der Waals surface area contributed by atoms with Gasteiger partial charge in [-0.15, -0.1) is 5.10 Å². The summed E-state index contributed by atoms with van der Waals surface area (Å²) >= 11 is 1.38. The fraction of sp³-hybridized carbons (Fsp3) is 0.318. The van der Waals surface area contributed by atoms with Gasteiger partial charge in [0, 0.05) is 12.5 Å². The molecule has 1 amide bonds. The van der Waals surface area contributed by atoms with Gasteiger partial charge >= 0.3 is 0 Å². The topological polar surface area (TPSA) is 78.3 Å². The fourth-order valence-corrected chi connectivity index (χ4v) is 4.10. The van der Waals surface area contributed by atoms with Crippen LogP contribution in [0.2, 0.25) is 0 Å². The molecule has 154 valence electrons. The summed E-state index contributed by atoms with van der Waals surface area (Å²) in [6, 6.07) is 15.7. The number of para-hydroxylation sites is 1. The van der Waals surface area contributed by atoms with Crippen molar-refractivity contribution in [3.05, 3.63) is 59.9 Å². The molecular formula is C22H22N4O3S. The SMILES string of the molecule is C[C@H](Sc1nc(C2CC2)n(-c2ccccc2)n1)C(=O)NCc1ccc2c(c1)OCO2. The van der Waals surface area contributed by atoms with E-state index in [1.54, 1.807) is 0 Å². The number of thioether (sulfide) groups is 1. The van der Waals surface area contributed by atoms with Gasteiger partial charge < -0.3 is 14.8 Å². The maximum atomic E-state index is 12.6. The lowest BCUT2D eigenvalue weighted by molar-refractivity contribution is -0.120. The number of carbonyl (C=O) groups is 1. The maximum Gasteiger partial charge on any atom is 0.233 e. The van der Waals surface area contributed by atoms with E-state index in [0.29, 0.717) is 23.4 Å². The number of rotatable bonds is 7. The molecule has 0 spiro atoms. The first kappa shape index (κ1) is 19.0. The van der Waals surface area contributed by atoms with Crippen LogP contribution in [0.3, 0.4) is 0 Å². The van der Waals surface area contributed by atoms with Gasteiger partial charge in [0.2, 0.25) is 17.9 Å². The van der Waals surface area contributed by atoms with Gasteiger partial charge in [0.1, 0.15) is 5.82 Å². The van der Waals surface area contributed by atoms with E-state index < -0.39 is 0 Å². The number of aromatic nitrogens is 3. The Morgan fingerprint density at radius 3 is 2.80 bits per heavy atom. The number of nitrogens with zero attached hydrogens (tertiary/aromatic N) is 3. The van der Waals surface area contributed by atoms with E-state index in [-0.39, 0.29) is 18.0 Å². The van der Waals surface area contributed by atoms with Crippen molar-refractivity contribution >= 4 is 17.7 Å². The van der Waals surface area contributed by atoms with Crippen LogP contribution in [-0.2, 0) is 11.3 Å². The Hall–Kier alpha value is -3.00. The molecule has 1 aromatic heterocycles. The monoisotopic (exact) mass is 422 g/mol. The molecule has 0 radical (unpaired) electrons. The fourth-order valence-electron chi connectivity index (χ4n) is 3.31. The number of ether oxygens (including phenoxy) is 2. The molecule has 2 aliphatic rings. The number of benzene rings is 2. The van der Waals surface area contributed by atoms with Gasteiger partial charge in [0.05, 0.1) is 10.9 Å². The van der Waals surface area contributed by atoms with Gasteiger partial charge in [-0.25, -0.2) is 9.67 Å². The van der Waals surface area contributed by atoms with Crippen molar-refractivity contribution in [2.24, 2.45) is 0 Å². The van der Waals surface area contributed by atoms with E-state index in [1.165, 1.54) is 11.8 Å². The number of hydrogen-bond donors (Lipinski definition) is 1. The lowest BCUT2D eigenvalue weighted by Crippen LogP contribution is -2.30. The van der Waals surface area contributed by atoms with E-state index in [1.807, 2.05) is 60.1 Å². The van der Waals surface area contributed by atoms with Gasteiger partial charge in [0.15, 0.2) is 11.5 Å². The Bertz CT molecular complexity index is 1070. The average molecular weight is 423 g/mol. The second-order valence-electron chi connectivity index (χ2n) is 7.44. The normalized spacial score (nSPS) is 15.8. The number of nitrogens with one attached hydrogen (secondary N) is 1. The molecule has 0 bridgehead atoms. The molecule has 30 heavy (non-hydrogen) atoms. The van der Waals surface area contributed by atoms with Gasteiger partial charge in [-0.3, -0.25) is 4.79 Å². The second kappa shape index (κ2) is 8.02. The van der Waals surface area contributed by atoms with Crippen LogP contribution in [0.25, 0.3) is 5.69 Å². The third-order valence-electron chi connectivity index (χ3n) is 5.11. The van der Waals surface area contributed by atoms with Crippen LogP contribution >= 0.6 is 11.8 Å². The van der Waals surface area contributed by atoms with Crippen LogP contribution in [-0.4, -0.2) is 32.7 Å².